The number of nitro groups is 1. The van der Waals surface area contributed by atoms with Gasteiger partial charge in [0.25, 0.3) is 5.69 Å². The highest BCUT2D eigenvalue weighted by Crippen LogP contribution is 2.12. The summed E-state index contributed by atoms with van der Waals surface area (Å²) in [6, 6.07) is 6.24. The largest absolute Gasteiger partial charge is 0.353 e. The fourth-order valence-corrected chi connectivity index (χ4v) is 1.90. The molecular formula is C15H22N2O3. The zero-order valence-electron chi connectivity index (χ0n) is 12.3. The summed E-state index contributed by atoms with van der Waals surface area (Å²) in [6.45, 7) is 6.31. The molecule has 0 bridgehead atoms. The molecule has 0 aromatic heterocycles. The van der Waals surface area contributed by atoms with Gasteiger partial charge in [0.15, 0.2) is 0 Å². The van der Waals surface area contributed by atoms with Gasteiger partial charge in [-0.15, -0.1) is 0 Å². The molecule has 1 rings (SSSR count). The predicted molar refractivity (Wildman–Crippen MR) is 78.5 cm³/mol. The van der Waals surface area contributed by atoms with Gasteiger partial charge < -0.3 is 5.32 Å². The minimum Gasteiger partial charge on any atom is -0.353 e. The van der Waals surface area contributed by atoms with E-state index in [2.05, 4.69) is 19.2 Å². The highest BCUT2D eigenvalue weighted by atomic mass is 16.6. The highest BCUT2D eigenvalue weighted by molar-refractivity contribution is 5.78. The Morgan fingerprint density at radius 2 is 1.80 bits per heavy atom. The average Bonchev–Trinajstić information content (AvgIpc) is 2.36. The van der Waals surface area contributed by atoms with Crippen LogP contribution in [0.3, 0.4) is 0 Å². The monoisotopic (exact) mass is 278 g/mol. The van der Waals surface area contributed by atoms with Crippen molar-refractivity contribution in [1.29, 1.82) is 0 Å². The first-order chi connectivity index (χ1) is 9.38. The molecule has 0 aliphatic rings. The first kappa shape index (κ1) is 16.1. The molecule has 1 unspecified atom stereocenters. The molecule has 0 saturated carbocycles. The Labute approximate surface area is 119 Å². The van der Waals surface area contributed by atoms with Crippen molar-refractivity contribution in [1.82, 2.24) is 5.32 Å². The van der Waals surface area contributed by atoms with E-state index in [4.69, 9.17) is 0 Å². The van der Waals surface area contributed by atoms with Crippen molar-refractivity contribution in [3.05, 3.63) is 39.9 Å². The summed E-state index contributed by atoms with van der Waals surface area (Å²) in [6.07, 6.45) is 2.30. The summed E-state index contributed by atoms with van der Waals surface area (Å²) < 4.78 is 0. The average molecular weight is 278 g/mol. The molecule has 0 spiro atoms. The van der Waals surface area contributed by atoms with Gasteiger partial charge in [0.1, 0.15) is 0 Å². The van der Waals surface area contributed by atoms with Crippen LogP contribution in [0, 0.1) is 16.0 Å². The minimum absolute atomic E-state index is 0.0412. The van der Waals surface area contributed by atoms with E-state index in [0.29, 0.717) is 5.92 Å². The lowest BCUT2D eigenvalue weighted by molar-refractivity contribution is -0.384. The molecule has 0 heterocycles. The topological polar surface area (TPSA) is 72.2 Å². The summed E-state index contributed by atoms with van der Waals surface area (Å²) in [5.74, 6) is 0.583. The van der Waals surface area contributed by atoms with Gasteiger partial charge in [0, 0.05) is 18.2 Å². The lowest BCUT2D eigenvalue weighted by atomic mass is 10.0. The van der Waals surface area contributed by atoms with Gasteiger partial charge in [-0.05, 0) is 31.2 Å². The number of amides is 1. The van der Waals surface area contributed by atoms with E-state index in [9.17, 15) is 14.9 Å². The van der Waals surface area contributed by atoms with Gasteiger partial charge >= 0.3 is 0 Å². The zero-order valence-corrected chi connectivity index (χ0v) is 12.3. The van der Waals surface area contributed by atoms with Crippen LogP contribution in [-0.2, 0) is 11.2 Å². The SMILES string of the molecule is CC(C)CCC(C)NC(=O)Cc1ccc([N+](=O)[O-])cc1. The summed E-state index contributed by atoms with van der Waals surface area (Å²) in [7, 11) is 0. The molecule has 1 aromatic rings. The number of hydrogen-bond donors (Lipinski definition) is 1. The third-order valence-electron chi connectivity index (χ3n) is 3.10. The van der Waals surface area contributed by atoms with Crippen molar-refractivity contribution in [2.24, 2.45) is 5.92 Å². The molecule has 0 aliphatic heterocycles. The summed E-state index contributed by atoms with van der Waals surface area (Å²) in [4.78, 5) is 21.9. The first-order valence-electron chi connectivity index (χ1n) is 6.91. The van der Waals surface area contributed by atoms with E-state index in [1.54, 1.807) is 12.1 Å². The van der Waals surface area contributed by atoms with Crippen LogP contribution in [-0.4, -0.2) is 16.9 Å². The van der Waals surface area contributed by atoms with Crippen LogP contribution in [0.5, 0.6) is 0 Å². The van der Waals surface area contributed by atoms with Crippen molar-refractivity contribution in [2.45, 2.75) is 46.1 Å². The molecule has 1 atom stereocenters. The van der Waals surface area contributed by atoms with E-state index in [1.165, 1.54) is 12.1 Å². The number of nitrogens with one attached hydrogen (secondary N) is 1. The molecule has 0 fully saturated rings. The number of rotatable bonds is 7. The van der Waals surface area contributed by atoms with Crippen molar-refractivity contribution >= 4 is 11.6 Å². The Kier molecular flexibility index (Phi) is 6.15. The van der Waals surface area contributed by atoms with E-state index in [0.717, 1.165) is 18.4 Å². The first-order valence-corrected chi connectivity index (χ1v) is 6.91. The van der Waals surface area contributed by atoms with Crippen LogP contribution in [0.25, 0.3) is 0 Å². The second-order valence-corrected chi connectivity index (χ2v) is 5.54. The fourth-order valence-electron chi connectivity index (χ4n) is 1.90. The van der Waals surface area contributed by atoms with E-state index < -0.39 is 4.92 Å². The predicted octanol–water partition coefficient (Wildman–Crippen LogP) is 3.08. The number of nitrogens with zero attached hydrogens (tertiary/aromatic N) is 1. The molecule has 20 heavy (non-hydrogen) atoms. The van der Waals surface area contributed by atoms with Crippen LogP contribution in [0.1, 0.15) is 39.2 Å². The molecule has 1 N–H and O–H groups in total. The molecule has 110 valence electrons. The van der Waals surface area contributed by atoms with Crippen LogP contribution in [0.2, 0.25) is 0 Å². The smallest absolute Gasteiger partial charge is 0.269 e. The number of carbonyl (C=O) groups excluding carboxylic acids is 1. The van der Waals surface area contributed by atoms with E-state index in [1.807, 2.05) is 6.92 Å². The van der Waals surface area contributed by atoms with Crippen molar-refractivity contribution in [3.8, 4) is 0 Å². The van der Waals surface area contributed by atoms with Crippen LogP contribution in [0.4, 0.5) is 5.69 Å². The molecular weight excluding hydrogens is 256 g/mol. The standard InChI is InChI=1S/C15H22N2O3/c1-11(2)4-5-12(3)16-15(18)10-13-6-8-14(9-7-13)17(19)20/h6-9,11-12H,4-5,10H2,1-3H3,(H,16,18). The zero-order chi connectivity index (χ0) is 15.1. The Balaban J connectivity index is 2.43. The van der Waals surface area contributed by atoms with Crippen LogP contribution < -0.4 is 5.32 Å². The third-order valence-corrected chi connectivity index (χ3v) is 3.10. The van der Waals surface area contributed by atoms with Crippen LogP contribution >= 0.6 is 0 Å². The van der Waals surface area contributed by atoms with Crippen molar-refractivity contribution < 1.29 is 9.72 Å². The fraction of sp³-hybridized carbons (Fsp3) is 0.533. The van der Waals surface area contributed by atoms with E-state index in [-0.39, 0.29) is 24.1 Å². The maximum atomic E-state index is 11.8. The molecule has 5 nitrogen and oxygen atoms in total. The minimum atomic E-state index is -0.447. The van der Waals surface area contributed by atoms with Gasteiger partial charge in [-0.25, -0.2) is 0 Å². The molecule has 1 amide bonds. The Bertz CT molecular complexity index is 455. The Morgan fingerprint density at radius 1 is 1.20 bits per heavy atom. The normalized spacial score (nSPS) is 12.2. The van der Waals surface area contributed by atoms with Gasteiger partial charge in [0.2, 0.25) is 5.91 Å². The molecule has 1 aromatic carbocycles. The number of hydrogen-bond acceptors (Lipinski definition) is 3. The third kappa shape index (κ3) is 5.82. The lowest BCUT2D eigenvalue weighted by Crippen LogP contribution is -2.33. The second-order valence-electron chi connectivity index (χ2n) is 5.54. The molecule has 0 aliphatic carbocycles. The summed E-state index contributed by atoms with van der Waals surface area (Å²) >= 11 is 0. The van der Waals surface area contributed by atoms with Crippen molar-refractivity contribution in [2.75, 3.05) is 0 Å². The molecule has 0 radical (unpaired) electrons. The van der Waals surface area contributed by atoms with Gasteiger partial charge in [-0.3, -0.25) is 14.9 Å². The lowest BCUT2D eigenvalue weighted by Gasteiger charge is -2.15. The summed E-state index contributed by atoms with van der Waals surface area (Å²) in [5, 5.41) is 13.5. The summed E-state index contributed by atoms with van der Waals surface area (Å²) in [5.41, 5.74) is 0.823. The number of non-ortho nitro benzene ring substituents is 1. The molecule has 0 saturated heterocycles. The molecule has 5 heteroatoms. The Hall–Kier alpha value is -1.91. The highest BCUT2D eigenvalue weighted by Gasteiger charge is 2.10. The van der Waals surface area contributed by atoms with Crippen molar-refractivity contribution in [3.63, 3.8) is 0 Å². The quantitative estimate of drug-likeness (QED) is 0.615. The maximum absolute atomic E-state index is 11.8. The van der Waals surface area contributed by atoms with Crippen LogP contribution in [0.15, 0.2) is 24.3 Å². The number of carbonyl (C=O) groups is 1. The second kappa shape index (κ2) is 7.62. The van der Waals surface area contributed by atoms with Gasteiger partial charge in [-0.2, -0.15) is 0 Å². The number of benzene rings is 1. The van der Waals surface area contributed by atoms with Gasteiger partial charge in [0.05, 0.1) is 11.3 Å². The van der Waals surface area contributed by atoms with E-state index >= 15 is 0 Å². The Morgan fingerprint density at radius 3 is 2.30 bits per heavy atom. The van der Waals surface area contributed by atoms with Gasteiger partial charge in [-0.1, -0.05) is 26.0 Å². The maximum Gasteiger partial charge on any atom is 0.269 e. The number of nitro benzene ring substituents is 1.